The van der Waals surface area contributed by atoms with Crippen LogP contribution in [0, 0.1) is 0 Å². The Labute approximate surface area is 157 Å². The summed E-state index contributed by atoms with van der Waals surface area (Å²) in [6, 6.07) is 15.6. The monoisotopic (exact) mass is 366 g/mol. The molecule has 0 amide bonds. The van der Waals surface area contributed by atoms with E-state index in [1.54, 1.807) is 18.2 Å². The van der Waals surface area contributed by atoms with Gasteiger partial charge >= 0.3 is 5.97 Å². The molecule has 4 nitrogen and oxygen atoms in total. The van der Waals surface area contributed by atoms with E-state index in [1.165, 1.54) is 5.56 Å². The number of aromatic carboxylic acids is 1. The minimum absolute atomic E-state index is 0.344. The van der Waals surface area contributed by atoms with Gasteiger partial charge in [-0.25, -0.2) is 4.79 Å². The molecule has 4 rings (SSSR count). The Hall–Kier alpha value is -2.43. The molecule has 1 aromatic heterocycles. The molecule has 0 spiro atoms. The van der Waals surface area contributed by atoms with E-state index in [0.29, 0.717) is 28.0 Å². The first-order chi connectivity index (χ1) is 12.6. The Bertz CT molecular complexity index is 973. The third-order valence-electron chi connectivity index (χ3n) is 4.95. The van der Waals surface area contributed by atoms with Gasteiger partial charge in [-0.3, -0.25) is 9.88 Å². The van der Waals surface area contributed by atoms with Crippen LogP contribution >= 0.6 is 11.6 Å². The molecule has 2 heterocycles. The molecule has 1 aliphatic heterocycles. The van der Waals surface area contributed by atoms with Gasteiger partial charge in [0.15, 0.2) is 0 Å². The summed E-state index contributed by atoms with van der Waals surface area (Å²) in [5.74, 6) is -0.916. The Balaban J connectivity index is 1.66. The topological polar surface area (TPSA) is 53.4 Å². The number of halogens is 1. The molecule has 0 aliphatic carbocycles. The number of hydrogen-bond donors (Lipinski definition) is 1. The van der Waals surface area contributed by atoms with Crippen LogP contribution in [-0.4, -0.2) is 34.0 Å². The third-order valence-corrected chi connectivity index (χ3v) is 5.19. The van der Waals surface area contributed by atoms with Crippen LogP contribution in [0.5, 0.6) is 0 Å². The van der Waals surface area contributed by atoms with E-state index in [1.807, 2.05) is 18.2 Å². The molecule has 3 aromatic rings. The van der Waals surface area contributed by atoms with Gasteiger partial charge in [0.05, 0.1) is 11.1 Å². The smallest absolute Gasteiger partial charge is 0.336 e. The second-order valence-corrected chi connectivity index (χ2v) is 7.08. The first-order valence-corrected chi connectivity index (χ1v) is 9.10. The van der Waals surface area contributed by atoms with E-state index < -0.39 is 5.97 Å². The van der Waals surface area contributed by atoms with Gasteiger partial charge in [0.2, 0.25) is 0 Å². The Morgan fingerprint density at radius 2 is 2.00 bits per heavy atom. The van der Waals surface area contributed by atoms with Crippen LogP contribution < -0.4 is 0 Å². The predicted molar refractivity (Wildman–Crippen MR) is 103 cm³/mol. The maximum absolute atomic E-state index is 12.0. The second kappa shape index (κ2) is 7.06. The standard InChI is InChI=1S/C21H19ClN2O2/c22-15-6-7-18-16(12-15)20(21(25)26)17-13-24(11-9-19(17)23-18)10-8-14-4-2-1-3-5-14/h1-7,12H,8-11,13H2,(H,25,26). The van der Waals surface area contributed by atoms with Crippen molar-refractivity contribution in [3.63, 3.8) is 0 Å². The van der Waals surface area contributed by atoms with Gasteiger partial charge in [-0.05, 0) is 30.2 Å². The highest BCUT2D eigenvalue weighted by molar-refractivity contribution is 6.31. The molecule has 0 saturated heterocycles. The zero-order chi connectivity index (χ0) is 18.1. The molecule has 0 radical (unpaired) electrons. The molecule has 1 aliphatic rings. The van der Waals surface area contributed by atoms with Crippen LogP contribution in [0.25, 0.3) is 10.9 Å². The number of pyridine rings is 1. The molecular weight excluding hydrogens is 348 g/mol. The van der Waals surface area contributed by atoms with Crippen LogP contribution in [0.15, 0.2) is 48.5 Å². The summed E-state index contributed by atoms with van der Waals surface area (Å²) >= 11 is 6.09. The molecule has 1 N–H and O–H groups in total. The van der Waals surface area contributed by atoms with Gasteiger partial charge in [-0.15, -0.1) is 0 Å². The van der Waals surface area contributed by atoms with Crippen molar-refractivity contribution in [3.8, 4) is 0 Å². The number of carbonyl (C=O) groups is 1. The SMILES string of the molecule is O=C(O)c1c2c(nc3ccc(Cl)cc13)CCN(CCc1ccccc1)C2. The van der Waals surface area contributed by atoms with Gasteiger partial charge in [-0.2, -0.15) is 0 Å². The number of carboxylic acid groups (broad SMARTS) is 1. The van der Waals surface area contributed by atoms with Crippen LogP contribution in [0.1, 0.15) is 27.2 Å². The summed E-state index contributed by atoms with van der Waals surface area (Å²) < 4.78 is 0. The zero-order valence-corrected chi connectivity index (χ0v) is 15.0. The highest BCUT2D eigenvalue weighted by Crippen LogP contribution is 2.30. The molecule has 26 heavy (non-hydrogen) atoms. The lowest BCUT2D eigenvalue weighted by molar-refractivity contribution is 0.0695. The van der Waals surface area contributed by atoms with Gasteiger partial charge in [0.25, 0.3) is 0 Å². The highest BCUT2D eigenvalue weighted by Gasteiger charge is 2.25. The van der Waals surface area contributed by atoms with Gasteiger partial charge in [0.1, 0.15) is 0 Å². The molecule has 0 saturated carbocycles. The van der Waals surface area contributed by atoms with Gasteiger partial charge < -0.3 is 5.11 Å². The number of aromatic nitrogens is 1. The normalized spacial score (nSPS) is 14.3. The van der Waals surface area contributed by atoms with E-state index in [4.69, 9.17) is 16.6 Å². The van der Waals surface area contributed by atoms with Crippen molar-refractivity contribution in [2.75, 3.05) is 13.1 Å². The summed E-state index contributed by atoms with van der Waals surface area (Å²) in [7, 11) is 0. The third kappa shape index (κ3) is 3.30. The van der Waals surface area contributed by atoms with Crippen molar-refractivity contribution in [3.05, 3.63) is 75.9 Å². The van der Waals surface area contributed by atoms with E-state index in [9.17, 15) is 9.90 Å². The Morgan fingerprint density at radius 1 is 1.19 bits per heavy atom. The molecule has 0 fully saturated rings. The quantitative estimate of drug-likeness (QED) is 0.752. The number of benzene rings is 2. The fraction of sp³-hybridized carbons (Fsp3) is 0.238. The molecular formula is C21H19ClN2O2. The summed E-state index contributed by atoms with van der Waals surface area (Å²) in [6.07, 6.45) is 1.72. The molecule has 2 aromatic carbocycles. The lowest BCUT2D eigenvalue weighted by Gasteiger charge is -2.29. The van der Waals surface area contributed by atoms with Gasteiger partial charge in [0, 0.05) is 47.7 Å². The lowest BCUT2D eigenvalue weighted by Crippen LogP contribution is -2.34. The van der Waals surface area contributed by atoms with Crippen LogP contribution in [0.3, 0.4) is 0 Å². The maximum atomic E-state index is 12.0. The fourth-order valence-corrected chi connectivity index (χ4v) is 3.81. The van der Waals surface area contributed by atoms with E-state index >= 15 is 0 Å². The molecule has 0 unspecified atom stereocenters. The molecule has 0 bridgehead atoms. The Kier molecular flexibility index (Phi) is 4.62. The van der Waals surface area contributed by atoms with Crippen molar-refractivity contribution in [1.29, 1.82) is 0 Å². The number of fused-ring (bicyclic) bond motifs is 2. The van der Waals surface area contributed by atoms with Crippen molar-refractivity contribution in [1.82, 2.24) is 9.88 Å². The van der Waals surface area contributed by atoms with E-state index in [2.05, 4.69) is 17.0 Å². The second-order valence-electron chi connectivity index (χ2n) is 6.64. The first kappa shape index (κ1) is 17.0. The van der Waals surface area contributed by atoms with Crippen molar-refractivity contribution >= 4 is 28.5 Å². The average Bonchev–Trinajstić information content (AvgIpc) is 2.65. The minimum atomic E-state index is -0.916. The van der Waals surface area contributed by atoms with Crippen molar-refractivity contribution in [2.45, 2.75) is 19.4 Å². The summed E-state index contributed by atoms with van der Waals surface area (Å²) in [5.41, 5.74) is 4.06. The van der Waals surface area contributed by atoms with E-state index in [0.717, 1.165) is 37.2 Å². The fourth-order valence-electron chi connectivity index (χ4n) is 3.64. The highest BCUT2D eigenvalue weighted by atomic mass is 35.5. The van der Waals surface area contributed by atoms with Crippen LogP contribution in [0.2, 0.25) is 5.02 Å². The van der Waals surface area contributed by atoms with Crippen LogP contribution in [0.4, 0.5) is 0 Å². The van der Waals surface area contributed by atoms with Crippen molar-refractivity contribution in [2.24, 2.45) is 0 Å². The summed E-state index contributed by atoms with van der Waals surface area (Å²) in [4.78, 5) is 19.0. The maximum Gasteiger partial charge on any atom is 0.336 e. The number of carboxylic acids is 1. The lowest BCUT2D eigenvalue weighted by atomic mass is 9.95. The zero-order valence-electron chi connectivity index (χ0n) is 14.3. The minimum Gasteiger partial charge on any atom is -0.478 e. The molecule has 132 valence electrons. The van der Waals surface area contributed by atoms with E-state index in [-0.39, 0.29) is 0 Å². The summed E-state index contributed by atoms with van der Waals surface area (Å²) in [6.45, 7) is 2.40. The molecule has 5 heteroatoms. The van der Waals surface area contributed by atoms with Crippen LogP contribution in [-0.2, 0) is 19.4 Å². The first-order valence-electron chi connectivity index (χ1n) is 8.72. The number of hydrogen-bond acceptors (Lipinski definition) is 3. The molecule has 0 atom stereocenters. The number of nitrogens with zero attached hydrogens (tertiary/aromatic N) is 2. The summed E-state index contributed by atoms with van der Waals surface area (Å²) in [5, 5.41) is 11.0. The number of rotatable bonds is 4. The Morgan fingerprint density at radius 3 is 2.77 bits per heavy atom. The van der Waals surface area contributed by atoms with Gasteiger partial charge in [-0.1, -0.05) is 41.9 Å². The average molecular weight is 367 g/mol. The van der Waals surface area contributed by atoms with Crippen molar-refractivity contribution < 1.29 is 9.90 Å². The predicted octanol–water partition coefficient (Wildman–Crippen LogP) is 4.19. The largest absolute Gasteiger partial charge is 0.478 e.